The molecular formula is C10H10N4S. The predicted molar refractivity (Wildman–Crippen MR) is 58.4 cm³/mol. The number of benzene rings is 1. The van der Waals surface area contributed by atoms with Crippen LogP contribution in [0.5, 0.6) is 0 Å². The molecule has 1 aromatic carbocycles. The molecule has 0 radical (unpaired) electrons. The lowest BCUT2D eigenvalue weighted by atomic mass is 10.2. The SMILES string of the molecule is Cc1nnc(SCc2ccccc2)nn1. The van der Waals surface area contributed by atoms with Gasteiger partial charge >= 0.3 is 0 Å². The average molecular weight is 218 g/mol. The summed E-state index contributed by atoms with van der Waals surface area (Å²) < 4.78 is 0. The first kappa shape index (κ1) is 10.0. The van der Waals surface area contributed by atoms with E-state index in [2.05, 4.69) is 32.5 Å². The highest BCUT2D eigenvalue weighted by Crippen LogP contribution is 2.16. The molecule has 5 heteroatoms. The van der Waals surface area contributed by atoms with Crippen LogP contribution in [0.25, 0.3) is 0 Å². The van der Waals surface area contributed by atoms with E-state index in [1.165, 1.54) is 17.3 Å². The summed E-state index contributed by atoms with van der Waals surface area (Å²) in [5.74, 6) is 1.44. The van der Waals surface area contributed by atoms with Crippen LogP contribution in [-0.2, 0) is 5.75 Å². The number of aryl methyl sites for hydroxylation is 1. The van der Waals surface area contributed by atoms with Crippen molar-refractivity contribution in [2.45, 2.75) is 17.8 Å². The molecule has 0 aliphatic carbocycles. The van der Waals surface area contributed by atoms with Crippen molar-refractivity contribution in [3.8, 4) is 0 Å². The summed E-state index contributed by atoms with van der Waals surface area (Å²) in [6, 6.07) is 10.2. The average Bonchev–Trinajstić information content (AvgIpc) is 2.30. The Balaban J connectivity index is 1.96. The fourth-order valence-electron chi connectivity index (χ4n) is 1.05. The fourth-order valence-corrected chi connectivity index (χ4v) is 1.74. The Hall–Kier alpha value is -1.49. The van der Waals surface area contributed by atoms with Gasteiger partial charge in [0.15, 0.2) is 5.82 Å². The molecule has 4 nitrogen and oxygen atoms in total. The zero-order valence-electron chi connectivity index (χ0n) is 8.29. The van der Waals surface area contributed by atoms with Gasteiger partial charge in [0, 0.05) is 5.75 Å². The standard InChI is InChI=1S/C10H10N4S/c1-8-11-13-10(14-12-8)15-7-9-5-3-2-4-6-9/h2-6H,7H2,1H3. The van der Waals surface area contributed by atoms with Gasteiger partial charge in [0.2, 0.25) is 5.16 Å². The first-order valence-electron chi connectivity index (χ1n) is 4.55. The Bertz CT molecular complexity index is 415. The number of hydrogen-bond acceptors (Lipinski definition) is 5. The van der Waals surface area contributed by atoms with E-state index < -0.39 is 0 Å². The van der Waals surface area contributed by atoms with Crippen LogP contribution in [0.2, 0.25) is 0 Å². The Morgan fingerprint density at radius 2 is 1.67 bits per heavy atom. The number of aromatic nitrogens is 4. The van der Waals surface area contributed by atoms with Crippen LogP contribution in [-0.4, -0.2) is 20.4 Å². The third-order valence-electron chi connectivity index (χ3n) is 1.77. The number of nitrogens with zero attached hydrogens (tertiary/aromatic N) is 4. The topological polar surface area (TPSA) is 51.6 Å². The molecule has 1 aromatic heterocycles. The summed E-state index contributed by atoms with van der Waals surface area (Å²) in [5, 5.41) is 16.2. The molecule has 2 aromatic rings. The minimum atomic E-state index is 0.596. The van der Waals surface area contributed by atoms with Crippen molar-refractivity contribution < 1.29 is 0 Å². The third kappa shape index (κ3) is 2.99. The second-order valence-electron chi connectivity index (χ2n) is 3.00. The van der Waals surface area contributed by atoms with E-state index in [1.807, 2.05) is 18.2 Å². The minimum absolute atomic E-state index is 0.596. The van der Waals surface area contributed by atoms with Gasteiger partial charge in [-0.15, -0.1) is 20.4 Å². The van der Waals surface area contributed by atoms with Gasteiger partial charge in [0.25, 0.3) is 0 Å². The highest BCUT2D eigenvalue weighted by molar-refractivity contribution is 7.98. The van der Waals surface area contributed by atoms with Crippen LogP contribution >= 0.6 is 11.8 Å². The van der Waals surface area contributed by atoms with E-state index >= 15 is 0 Å². The van der Waals surface area contributed by atoms with Crippen LogP contribution in [0.4, 0.5) is 0 Å². The van der Waals surface area contributed by atoms with Crippen molar-refractivity contribution in [1.82, 2.24) is 20.4 Å². The van der Waals surface area contributed by atoms with Gasteiger partial charge in [-0.25, -0.2) is 0 Å². The number of thioether (sulfide) groups is 1. The van der Waals surface area contributed by atoms with Crippen molar-refractivity contribution >= 4 is 11.8 Å². The number of rotatable bonds is 3. The van der Waals surface area contributed by atoms with E-state index in [0.717, 1.165) is 5.75 Å². The summed E-state index contributed by atoms with van der Waals surface area (Å²) in [6.45, 7) is 1.77. The maximum atomic E-state index is 3.93. The van der Waals surface area contributed by atoms with E-state index in [9.17, 15) is 0 Å². The Labute approximate surface area is 92.2 Å². The molecule has 0 spiro atoms. The Morgan fingerprint density at radius 1 is 1.00 bits per heavy atom. The molecule has 0 bridgehead atoms. The molecule has 1 heterocycles. The van der Waals surface area contributed by atoms with Crippen molar-refractivity contribution in [3.05, 3.63) is 41.7 Å². The van der Waals surface area contributed by atoms with Gasteiger partial charge in [0.05, 0.1) is 0 Å². The first-order chi connectivity index (χ1) is 7.34. The first-order valence-corrected chi connectivity index (χ1v) is 5.54. The summed E-state index contributed by atoms with van der Waals surface area (Å²) in [6.07, 6.45) is 0. The smallest absolute Gasteiger partial charge is 0.131 e. The highest BCUT2D eigenvalue weighted by atomic mass is 32.2. The molecule has 2 rings (SSSR count). The lowest BCUT2D eigenvalue weighted by Gasteiger charge is -1.98. The summed E-state index contributed by atoms with van der Waals surface area (Å²) >= 11 is 1.53. The largest absolute Gasteiger partial charge is 0.230 e. The van der Waals surface area contributed by atoms with E-state index in [-0.39, 0.29) is 0 Å². The summed E-state index contributed by atoms with van der Waals surface area (Å²) in [4.78, 5) is 0. The maximum Gasteiger partial charge on any atom is 0.230 e. The molecule has 0 aliphatic heterocycles. The molecular weight excluding hydrogens is 208 g/mol. The molecule has 0 fully saturated rings. The van der Waals surface area contributed by atoms with Gasteiger partial charge in [-0.3, -0.25) is 0 Å². The molecule has 15 heavy (non-hydrogen) atoms. The Kier molecular flexibility index (Phi) is 3.24. The Morgan fingerprint density at radius 3 is 2.33 bits per heavy atom. The molecule has 0 unspecified atom stereocenters. The van der Waals surface area contributed by atoms with Crippen molar-refractivity contribution in [1.29, 1.82) is 0 Å². The highest BCUT2D eigenvalue weighted by Gasteiger charge is 1.99. The minimum Gasteiger partial charge on any atom is -0.131 e. The van der Waals surface area contributed by atoms with Crippen molar-refractivity contribution in [3.63, 3.8) is 0 Å². The zero-order valence-corrected chi connectivity index (χ0v) is 9.11. The van der Waals surface area contributed by atoms with Crippen LogP contribution in [0.15, 0.2) is 35.5 Å². The lowest BCUT2D eigenvalue weighted by Crippen LogP contribution is -1.97. The lowest BCUT2D eigenvalue weighted by molar-refractivity contribution is 0.713. The molecule has 0 saturated carbocycles. The molecule has 0 amide bonds. The van der Waals surface area contributed by atoms with Gasteiger partial charge in [-0.1, -0.05) is 42.1 Å². The molecule has 0 aliphatic rings. The normalized spacial score (nSPS) is 10.2. The maximum absolute atomic E-state index is 3.93. The van der Waals surface area contributed by atoms with Crippen LogP contribution < -0.4 is 0 Å². The summed E-state index contributed by atoms with van der Waals surface area (Å²) in [5.41, 5.74) is 1.24. The molecule has 0 atom stereocenters. The second-order valence-corrected chi connectivity index (χ2v) is 3.95. The van der Waals surface area contributed by atoms with E-state index in [1.54, 1.807) is 6.92 Å². The second kappa shape index (κ2) is 4.84. The predicted octanol–water partition coefficient (Wildman–Crippen LogP) is 1.87. The molecule has 0 saturated heterocycles. The van der Waals surface area contributed by atoms with E-state index in [0.29, 0.717) is 11.0 Å². The fraction of sp³-hybridized carbons (Fsp3) is 0.200. The zero-order chi connectivity index (χ0) is 10.5. The summed E-state index contributed by atoms with van der Waals surface area (Å²) in [7, 11) is 0. The van der Waals surface area contributed by atoms with E-state index in [4.69, 9.17) is 0 Å². The third-order valence-corrected chi connectivity index (χ3v) is 2.67. The molecule has 76 valence electrons. The van der Waals surface area contributed by atoms with Gasteiger partial charge in [-0.2, -0.15) is 0 Å². The van der Waals surface area contributed by atoms with Gasteiger partial charge < -0.3 is 0 Å². The van der Waals surface area contributed by atoms with Crippen molar-refractivity contribution in [2.75, 3.05) is 0 Å². The molecule has 0 N–H and O–H groups in total. The van der Waals surface area contributed by atoms with Gasteiger partial charge in [0.1, 0.15) is 0 Å². The quantitative estimate of drug-likeness (QED) is 0.736. The van der Waals surface area contributed by atoms with Gasteiger partial charge in [-0.05, 0) is 12.5 Å². The number of hydrogen-bond donors (Lipinski definition) is 0. The van der Waals surface area contributed by atoms with Crippen LogP contribution in [0.3, 0.4) is 0 Å². The van der Waals surface area contributed by atoms with Crippen molar-refractivity contribution in [2.24, 2.45) is 0 Å². The van der Waals surface area contributed by atoms with Crippen LogP contribution in [0, 0.1) is 6.92 Å². The monoisotopic (exact) mass is 218 g/mol. The van der Waals surface area contributed by atoms with Crippen LogP contribution in [0.1, 0.15) is 11.4 Å².